The molecule has 2 aliphatic heterocycles. The number of hydrogen-bond donors (Lipinski definition) is 2. The molecule has 2 bridgehead atoms. The van der Waals surface area contributed by atoms with Gasteiger partial charge in [0.15, 0.2) is 0 Å². The molecule has 0 saturated carbocycles. The summed E-state index contributed by atoms with van der Waals surface area (Å²) in [6.45, 7) is 6.41. The van der Waals surface area contributed by atoms with E-state index in [0.717, 1.165) is 57.7 Å². The number of piperazine rings is 1. The van der Waals surface area contributed by atoms with Gasteiger partial charge < -0.3 is 15.5 Å². The van der Waals surface area contributed by atoms with Gasteiger partial charge in [0, 0.05) is 66.1 Å². The summed E-state index contributed by atoms with van der Waals surface area (Å²) in [6.07, 6.45) is 4.64. The molecule has 2 saturated heterocycles. The van der Waals surface area contributed by atoms with Gasteiger partial charge in [-0.1, -0.05) is 19.9 Å². The van der Waals surface area contributed by atoms with Crippen molar-refractivity contribution < 1.29 is 0 Å². The first-order valence-corrected chi connectivity index (χ1v) is 12.9. The van der Waals surface area contributed by atoms with Crippen molar-refractivity contribution in [1.82, 2.24) is 35.0 Å². The number of aromatic nitrogens is 6. The van der Waals surface area contributed by atoms with E-state index in [-0.39, 0.29) is 0 Å². The standard InChI is InChI=1S/C28H29N9/c1-16(2)26-22-10-17(4-7-24(22)35-36(26)3)23-8-9-29-28(34-23)33-18-5-6-21-25(12-18)31-15-32-27(21)37-14-19-11-20(37)13-30-19/h4-10,12,15-16,19-20,30H,11,13-14H2,1-3H3,(H,29,33,34). The average molecular weight is 492 g/mol. The summed E-state index contributed by atoms with van der Waals surface area (Å²) in [5.74, 6) is 1.95. The van der Waals surface area contributed by atoms with E-state index in [4.69, 9.17) is 4.98 Å². The van der Waals surface area contributed by atoms with Crippen LogP contribution in [0, 0.1) is 0 Å². The Morgan fingerprint density at radius 1 is 1.00 bits per heavy atom. The molecule has 2 unspecified atom stereocenters. The molecule has 2 aromatic carbocycles. The molecule has 2 fully saturated rings. The first-order valence-electron chi connectivity index (χ1n) is 12.9. The Labute approximate surface area is 215 Å². The monoisotopic (exact) mass is 491 g/mol. The van der Waals surface area contributed by atoms with E-state index >= 15 is 0 Å². The molecule has 9 heteroatoms. The summed E-state index contributed by atoms with van der Waals surface area (Å²) < 4.78 is 1.98. The Bertz CT molecular complexity index is 1640. The largest absolute Gasteiger partial charge is 0.350 e. The minimum Gasteiger partial charge on any atom is -0.350 e. The quantitative estimate of drug-likeness (QED) is 0.374. The molecule has 5 aromatic rings. The molecule has 2 aliphatic rings. The first-order chi connectivity index (χ1) is 18.0. The molecule has 3 aromatic heterocycles. The van der Waals surface area contributed by atoms with Crippen molar-refractivity contribution in [3.05, 3.63) is 60.7 Å². The molecule has 5 heterocycles. The predicted octanol–water partition coefficient (Wildman–Crippen LogP) is 4.39. The number of fused-ring (bicyclic) bond motifs is 4. The first kappa shape index (κ1) is 22.1. The summed E-state index contributed by atoms with van der Waals surface area (Å²) in [6, 6.07) is 15.5. The van der Waals surface area contributed by atoms with Crippen LogP contribution in [0.5, 0.6) is 0 Å². The molecule has 0 amide bonds. The van der Waals surface area contributed by atoms with Crippen LogP contribution in [0.25, 0.3) is 33.1 Å². The Morgan fingerprint density at radius 3 is 2.73 bits per heavy atom. The van der Waals surface area contributed by atoms with Crippen molar-refractivity contribution in [3.8, 4) is 11.3 Å². The second kappa shape index (κ2) is 8.48. The zero-order valence-electron chi connectivity index (χ0n) is 21.2. The second-order valence-electron chi connectivity index (χ2n) is 10.4. The van der Waals surface area contributed by atoms with Crippen LogP contribution >= 0.6 is 0 Å². The van der Waals surface area contributed by atoms with Gasteiger partial charge in [-0.15, -0.1) is 0 Å². The number of benzene rings is 2. The van der Waals surface area contributed by atoms with Crippen LogP contribution in [0.4, 0.5) is 17.5 Å². The smallest absolute Gasteiger partial charge is 0.227 e. The van der Waals surface area contributed by atoms with Gasteiger partial charge in [-0.05, 0) is 48.7 Å². The molecule has 0 radical (unpaired) electrons. The number of hydrogen-bond acceptors (Lipinski definition) is 8. The van der Waals surface area contributed by atoms with E-state index in [2.05, 4.69) is 79.8 Å². The number of nitrogens with one attached hydrogen (secondary N) is 2. The van der Waals surface area contributed by atoms with Crippen molar-refractivity contribution >= 4 is 39.3 Å². The fourth-order valence-electron chi connectivity index (χ4n) is 5.94. The summed E-state index contributed by atoms with van der Waals surface area (Å²) in [4.78, 5) is 20.9. The van der Waals surface area contributed by atoms with Crippen LogP contribution in [-0.4, -0.2) is 54.9 Å². The Balaban J connectivity index is 1.18. The summed E-state index contributed by atoms with van der Waals surface area (Å²) in [7, 11) is 2.01. The Kier molecular flexibility index (Phi) is 5.07. The lowest BCUT2D eigenvalue weighted by Gasteiger charge is -2.29. The Morgan fingerprint density at radius 2 is 1.92 bits per heavy atom. The summed E-state index contributed by atoms with van der Waals surface area (Å²) in [5, 5.41) is 13.8. The topological polar surface area (TPSA) is 96.7 Å². The predicted molar refractivity (Wildman–Crippen MR) is 146 cm³/mol. The maximum Gasteiger partial charge on any atom is 0.227 e. The van der Waals surface area contributed by atoms with Gasteiger partial charge in [-0.25, -0.2) is 19.9 Å². The van der Waals surface area contributed by atoms with Crippen LogP contribution in [0.15, 0.2) is 55.0 Å². The Hall–Kier alpha value is -4.11. The number of nitrogens with zero attached hydrogens (tertiary/aromatic N) is 7. The minimum absolute atomic E-state index is 0.377. The van der Waals surface area contributed by atoms with Gasteiger partial charge in [0.25, 0.3) is 0 Å². The second-order valence-corrected chi connectivity index (χ2v) is 10.4. The number of aryl methyl sites for hydroxylation is 1. The average Bonchev–Trinajstić information content (AvgIpc) is 3.61. The van der Waals surface area contributed by atoms with E-state index in [1.165, 1.54) is 12.1 Å². The van der Waals surface area contributed by atoms with Gasteiger partial charge in [0.1, 0.15) is 12.1 Å². The van der Waals surface area contributed by atoms with Crippen LogP contribution in [0.3, 0.4) is 0 Å². The lowest BCUT2D eigenvalue weighted by Crippen LogP contribution is -2.44. The fraction of sp³-hybridized carbons (Fsp3) is 0.321. The third-order valence-corrected chi connectivity index (χ3v) is 7.58. The molecule has 7 rings (SSSR count). The molecule has 0 aliphatic carbocycles. The zero-order valence-corrected chi connectivity index (χ0v) is 21.2. The van der Waals surface area contributed by atoms with Crippen LogP contribution in [-0.2, 0) is 7.05 Å². The zero-order chi connectivity index (χ0) is 25.1. The van der Waals surface area contributed by atoms with Gasteiger partial charge in [-0.3, -0.25) is 4.68 Å². The van der Waals surface area contributed by atoms with E-state index < -0.39 is 0 Å². The van der Waals surface area contributed by atoms with E-state index in [1.54, 1.807) is 12.5 Å². The van der Waals surface area contributed by atoms with Crippen molar-refractivity contribution in [3.63, 3.8) is 0 Å². The number of rotatable bonds is 5. The summed E-state index contributed by atoms with van der Waals surface area (Å²) >= 11 is 0. The minimum atomic E-state index is 0.377. The molecule has 186 valence electrons. The van der Waals surface area contributed by atoms with Crippen LogP contribution in [0.1, 0.15) is 31.9 Å². The molecule has 9 nitrogen and oxygen atoms in total. The summed E-state index contributed by atoms with van der Waals surface area (Å²) in [5.41, 5.74) is 5.92. The maximum atomic E-state index is 4.82. The van der Waals surface area contributed by atoms with E-state index in [0.29, 0.717) is 23.9 Å². The highest BCUT2D eigenvalue weighted by Gasteiger charge is 2.38. The highest BCUT2D eigenvalue weighted by atomic mass is 15.3. The third kappa shape index (κ3) is 3.77. The lowest BCUT2D eigenvalue weighted by atomic mass is 10.0. The lowest BCUT2D eigenvalue weighted by molar-refractivity contribution is 0.577. The highest BCUT2D eigenvalue weighted by Crippen LogP contribution is 2.34. The normalized spacial score (nSPS) is 19.0. The molecule has 37 heavy (non-hydrogen) atoms. The highest BCUT2D eigenvalue weighted by molar-refractivity contribution is 5.92. The van der Waals surface area contributed by atoms with Crippen molar-refractivity contribution in [2.75, 3.05) is 23.3 Å². The molecular formula is C28H29N9. The van der Waals surface area contributed by atoms with Gasteiger partial charge >= 0.3 is 0 Å². The van der Waals surface area contributed by atoms with E-state index in [1.807, 2.05) is 23.9 Å². The number of anilines is 3. The van der Waals surface area contributed by atoms with Gasteiger partial charge in [-0.2, -0.15) is 5.10 Å². The fourth-order valence-corrected chi connectivity index (χ4v) is 5.94. The van der Waals surface area contributed by atoms with Crippen molar-refractivity contribution in [2.45, 2.75) is 38.3 Å². The van der Waals surface area contributed by atoms with E-state index in [9.17, 15) is 0 Å². The van der Waals surface area contributed by atoms with Gasteiger partial charge in [0.2, 0.25) is 5.95 Å². The SMILES string of the molecule is CC(C)c1c2cc(-c3ccnc(Nc4ccc5c(N6CC7CC6CN7)ncnc5c4)n3)ccc2nn1C. The third-order valence-electron chi connectivity index (χ3n) is 7.58. The van der Waals surface area contributed by atoms with Gasteiger partial charge in [0.05, 0.1) is 16.7 Å². The van der Waals surface area contributed by atoms with Crippen LogP contribution in [0.2, 0.25) is 0 Å². The molecular weight excluding hydrogens is 462 g/mol. The molecule has 2 atom stereocenters. The van der Waals surface area contributed by atoms with Crippen LogP contribution < -0.4 is 15.5 Å². The van der Waals surface area contributed by atoms with Crippen molar-refractivity contribution in [1.29, 1.82) is 0 Å². The molecule has 0 spiro atoms. The molecule has 2 N–H and O–H groups in total. The van der Waals surface area contributed by atoms with Crippen molar-refractivity contribution in [2.24, 2.45) is 7.05 Å². The maximum absolute atomic E-state index is 4.82.